The summed E-state index contributed by atoms with van der Waals surface area (Å²) in [6.07, 6.45) is 15.0. The van der Waals surface area contributed by atoms with E-state index in [0.29, 0.717) is 129 Å². The third kappa shape index (κ3) is 12.4. The minimum absolute atomic E-state index is 0.0107. The highest BCUT2D eigenvalue weighted by Crippen LogP contribution is 2.36. The molecule has 3 N–H and O–H groups in total. The fourth-order valence-electron chi connectivity index (χ4n) is 14.3. The van der Waals surface area contributed by atoms with Crippen molar-refractivity contribution in [3.05, 3.63) is 25.3 Å². The second kappa shape index (κ2) is 26.2. The predicted molar refractivity (Wildman–Crippen MR) is 289 cm³/mol. The van der Waals surface area contributed by atoms with E-state index >= 15 is 4.79 Å². The van der Waals surface area contributed by atoms with Gasteiger partial charge in [-0.2, -0.15) is 0 Å². The molecule has 0 aromatic carbocycles. The predicted octanol–water partition coefficient (Wildman–Crippen LogP) is 0.635. The maximum absolute atomic E-state index is 15.0. The van der Waals surface area contributed by atoms with Crippen molar-refractivity contribution in [2.75, 3.05) is 72.1 Å². The lowest BCUT2D eigenvalue weighted by Gasteiger charge is -2.37. The molecule has 24 nitrogen and oxygen atoms in total. The van der Waals surface area contributed by atoms with Crippen molar-refractivity contribution in [1.82, 2.24) is 55.1 Å². The lowest BCUT2D eigenvalue weighted by atomic mass is 10.0. The number of ether oxygens (including phenoxy) is 2. The van der Waals surface area contributed by atoms with E-state index in [1.54, 1.807) is 14.7 Å². The second-order valence-corrected chi connectivity index (χ2v) is 23.0. The molecule has 0 radical (unpaired) electrons. The molecule has 9 aliphatic rings. The fourth-order valence-corrected chi connectivity index (χ4v) is 14.3. The van der Waals surface area contributed by atoms with Crippen molar-refractivity contribution in [2.24, 2.45) is 5.92 Å². The van der Waals surface area contributed by atoms with Crippen LogP contribution in [0.3, 0.4) is 0 Å². The van der Waals surface area contributed by atoms with Crippen LogP contribution < -0.4 is 16.0 Å². The van der Waals surface area contributed by atoms with Gasteiger partial charge in [0, 0.05) is 64.3 Å². The van der Waals surface area contributed by atoms with Gasteiger partial charge < -0.3 is 64.6 Å². The SMILES string of the molecule is C#CCNC(=O)[C@@H]1CCCN1C(=O)[C@@H]1CCCN1C(=O)[C@@H]1C[C@@H](NC(=O)OCC=C)CN1C(=O)[C@@H]1CCCN1C(=O)[C@@H]1CCCN1C(=O)[C@@H]1CCCN1C(=O)[C@@H]1CCCN1C(=O)[C@@H]1CCCN1C(=O)[C@H]1CC[C@H](NC(=O)OCC=C)C1. The minimum Gasteiger partial charge on any atom is -0.445 e. The highest BCUT2D eigenvalue weighted by Gasteiger charge is 2.53. The Morgan fingerprint density at radius 2 is 0.753 bits per heavy atom. The summed E-state index contributed by atoms with van der Waals surface area (Å²) in [4.78, 5) is 167. The highest BCUT2D eigenvalue weighted by molar-refractivity contribution is 5.99. The molecule has 24 heteroatoms. The summed E-state index contributed by atoms with van der Waals surface area (Å²) in [6.45, 7) is 9.16. The standard InChI is InChI=1S/C57H79N11O13/c1-4-23-58-47(69)39-14-7-24-61(39)49(71)41-16-12-30-67(41)55(77)46-34-38(60-57(79)81-32-6-3)35-68(46)54(76)45-20-13-29-66(45)53(75)44-19-11-28-65(44)52(74)43-18-10-27-64(43)51(73)42-17-9-26-63(42)50(72)40-15-8-25-62(40)48(70)36-21-22-37(33-36)59-56(78)80-31-5-2/h1,5-6,36-46H,2-3,7-35H2,(H,58,69)(H,59,78)(H,60,79)/t36-,37-,38+,39-,40-,41-,42-,43-,44-,45-,46-/m0/s1. The molecule has 1 aliphatic carbocycles. The molecular formula is C57H79N11O13. The number of nitrogens with zero attached hydrogens (tertiary/aromatic N) is 8. The summed E-state index contributed by atoms with van der Waals surface area (Å²) in [5.41, 5.74) is 0. The summed E-state index contributed by atoms with van der Waals surface area (Å²) in [5, 5.41) is 8.25. The number of hydrogen-bond acceptors (Lipinski definition) is 13. The quantitative estimate of drug-likeness (QED) is 0.142. The minimum atomic E-state index is -1.11. The van der Waals surface area contributed by atoms with Crippen molar-refractivity contribution in [1.29, 1.82) is 0 Å². The average molecular weight is 1130 g/mol. The van der Waals surface area contributed by atoms with E-state index in [9.17, 15) is 47.9 Å². The summed E-state index contributed by atoms with van der Waals surface area (Å²) in [5.74, 6) is -1.24. The third-order valence-electron chi connectivity index (χ3n) is 18.1. The van der Waals surface area contributed by atoms with Gasteiger partial charge in [0.15, 0.2) is 0 Å². The van der Waals surface area contributed by atoms with Gasteiger partial charge in [0.05, 0.1) is 12.6 Å². The Bertz CT molecular complexity index is 2540. The van der Waals surface area contributed by atoms with Crippen LogP contribution in [0.15, 0.2) is 25.3 Å². The van der Waals surface area contributed by atoms with Gasteiger partial charge in [0.2, 0.25) is 53.2 Å². The number of alkyl carbamates (subject to hydrolysis) is 2. The number of nitrogens with one attached hydrogen (secondary N) is 3. The summed E-state index contributed by atoms with van der Waals surface area (Å²) in [6, 6.07) is -8.02. The Morgan fingerprint density at radius 3 is 1.14 bits per heavy atom. The highest BCUT2D eigenvalue weighted by atomic mass is 16.6. The van der Waals surface area contributed by atoms with Crippen LogP contribution in [0.1, 0.15) is 116 Å². The van der Waals surface area contributed by atoms with Crippen LogP contribution in [0, 0.1) is 18.3 Å². The molecule has 8 saturated heterocycles. The Labute approximate surface area is 472 Å². The van der Waals surface area contributed by atoms with Crippen molar-refractivity contribution >= 4 is 65.4 Å². The van der Waals surface area contributed by atoms with Crippen LogP contribution in [0.2, 0.25) is 0 Å². The summed E-state index contributed by atoms with van der Waals surface area (Å²) in [7, 11) is 0. The first-order valence-corrected chi connectivity index (χ1v) is 29.4. The molecule has 81 heavy (non-hydrogen) atoms. The lowest BCUT2D eigenvalue weighted by molar-refractivity contribution is -0.155. The number of amides is 11. The number of carbonyl (C=O) groups excluding carboxylic acids is 11. The van der Waals surface area contributed by atoms with Gasteiger partial charge in [-0.1, -0.05) is 31.2 Å². The molecule has 0 unspecified atom stereocenters. The number of hydrogen-bond donors (Lipinski definition) is 3. The molecule has 9 fully saturated rings. The van der Waals surface area contributed by atoms with Crippen LogP contribution >= 0.6 is 0 Å². The van der Waals surface area contributed by atoms with Crippen LogP contribution in [0.5, 0.6) is 0 Å². The van der Waals surface area contributed by atoms with E-state index < -0.39 is 84.3 Å². The van der Waals surface area contributed by atoms with E-state index in [1.165, 1.54) is 36.7 Å². The van der Waals surface area contributed by atoms with Crippen LogP contribution in [-0.2, 0) is 52.6 Å². The van der Waals surface area contributed by atoms with Gasteiger partial charge in [0.25, 0.3) is 0 Å². The fraction of sp³-hybridized carbons (Fsp3) is 0.702. The lowest BCUT2D eigenvalue weighted by Crippen LogP contribution is -2.59. The third-order valence-corrected chi connectivity index (χ3v) is 18.1. The number of carbonyl (C=O) groups is 11. The molecule has 0 aromatic rings. The van der Waals surface area contributed by atoms with Crippen LogP contribution in [0.25, 0.3) is 0 Å². The number of terminal acetylenes is 1. The number of likely N-dealkylation sites (tertiary alicyclic amines) is 8. The first-order chi connectivity index (χ1) is 39.1. The summed E-state index contributed by atoms with van der Waals surface area (Å²) < 4.78 is 10.2. The zero-order valence-corrected chi connectivity index (χ0v) is 46.4. The maximum Gasteiger partial charge on any atom is 0.407 e. The Kier molecular flexibility index (Phi) is 18.9. The van der Waals surface area contributed by atoms with Crippen molar-refractivity contribution in [3.8, 4) is 12.3 Å². The van der Waals surface area contributed by atoms with E-state index in [-0.39, 0.29) is 106 Å². The van der Waals surface area contributed by atoms with Crippen LogP contribution in [0.4, 0.5) is 9.59 Å². The molecule has 8 heterocycles. The molecular weight excluding hydrogens is 1050 g/mol. The molecule has 1 saturated carbocycles. The molecule has 0 spiro atoms. The molecule has 11 amide bonds. The maximum atomic E-state index is 15.0. The Morgan fingerprint density at radius 1 is 0.420 bits per heavy atom. The monoisotopic (exact) mass is 1130 g/mol. The Hall–Kier alpha value is -7.19. The van der Waals surface area contributed by atoms with E-state index in [2.05, 4.69) is 35.0 Å². The molecule has 11 atom stereocenters. The smallest absolute Gasteiger partial charge is 0.407 e. The molecule has 0 bridgehead atoms. The second-order valence-electron chi connectivity index (χ2n) is 23.0. The zero-order chi connectivity index (χ0) is 57.5. The average Bonchev–Trinajstić information content (AvgIpc) is 4.43. The van der Waals surface area contributed by atoms with Crippen molar-refractivity contribution < 1.29 is 62.2 Å². The molecule has 440 valence electrons. The van der Waals surface area contributed by atoms with Gasteiger partial charge in [-0.15, -0.1) is 6.42 Å². The van der Waals surface area contributed by atoms with Crippen molar-refractivity contribution in [3.63, 3.8) is 0 Å². The topological polar surface area (TPSA) is 268 Å². The number of rotatable bonds is 16. The molecule has 8 aliphatic heterocycles. The van der Waals surface area contributed by atoms with Crippen molar-refractivity contribution in [2.45, 2.75) is 176 Å². The van der Waals surface area contributed by atoms with Gasteiger partial charge in [-0.3, -0.25) is 43.2 Å². The van der Waals surface area contributed by atoms with Gasteiger partial charge in [-0.25, -0.2) is 9.59 Å². The molecule has 9 rings (SSSR count). The molecule has 0 aromatic heterocycles. The normalized spacial score (nSPS) is 29.9. The Balaban J connectivity index is 0.848. The van der Waals surface area contributed by atoms with E-state index in [0.717, 1.165) is 0 Å². The van der Waals surface area contributed by atoms with Crippen LogP contribution in [-0.4, -0.2) is 237 Å². The van der Waals surface area contributed by atoms with Gasteiger partial charge >= 0.3 is 12.2 Å². The van der Waals surface area contributed by atoms with E-state index in [4.69, 9.17) is 15.9 Å². The zero-order valence-electron chi connectivity index (χ0n) is 46.4. The van der Waals surface area contributed by atoms with E-state index in [1.807, 2.05) is 0 Å². The largest absolute Gasteiger partial charge is 0.445 e. The van der Waals surface area contributed by atoms with Gasteiger partial charge in [0.1, 0.15) is 61.5 Å². The first kappa shape index (κ1) is 58.5. The van der Waals surface area contributed by atoms with Gasteiger partial charge in [-0.05, 0) is 116 Å². The summed E-state index contributed by atoms with van der Waals surface area (Å²) >= 11 is 0. The first-order valence-electron chi connectivity index (χ1n) is 29.4.